The van der Waals surface area contributed by atoms with Crippen molar-refractivity contribution in [2.75, 3.05) is 20.2 Å². The first-order valence-electron chi connectivity index (χ1n) is 10.6. The quantitative estimate of drug-likeness (QED) is 0.640. The third kappa shape index (κ3) is 4.80. The average Bonchev–Trinajstić information content (AvgIpc) is 3.29. The van der Waals surface area contributed by atoms with Crippen LogP contribution in [0.4, 0.5) is 4.39 Å². The van der Waals surface area contributed by atoms with E-state index in [1.807, 2.05) is 42.5 Å². The van der Waals surface area contributed by atoms with Crippen LogP contribution < -0.4 is 10.1 Å². The van der Waals surface area contributed by atoms with Crippen molar-refractivity contribution >= 4 is 11.8 Å². The molecule has 0 saturated carbocycles. The molecule has 32 heavy (non-hydrogen) atoms. The van der Waals surface area contributed by atoms with Gasteiger partial charge in [0.05, 0.1) is 13.0 Å². The summed E-state index contributed by atoms with van der Waals surface area (Å²) in [7, 11) is 1.61. The fourth-order valence-electron chi connectivity index (χ4n) is 4.11. The van der Waals surface area contributed by atoms with Gasteiger partial charge in [0.1, 0.15) is 11.6 Å². The van der Waals surface area contributed by atoms with Crippen molar-refractivity contribution in [1.29, 1.82) is 0 Å². The molecule has 4 rings (SSSR count). The third-order valence-electron chi connectivity index (χ3n) is 5.89. The number of nitrogens with zero attached hydrogens (tertiary/aromatic N) is 1. The molecule has 0 aromatic heterocycles. The molecular weight excluding hydrogens is 407 g/mol. The van der Waals surface area contributed by atoms with Crippen molar-refractivity contribution in [3.63, 3.8) is 0 Å². The van der Waals surface area contributed by atoms with E-state index in [2.05, 4.69) is 5.32 Å². The number of nitrogens with one attached hydrogen (secondary N) is 1. The van der Waals surface area contributed by atoms with E-state index in [1.165, 1.54) is 12.1 Å². The number of likely N-dealkylation sites (tertiary alicyclic amines) is 1. The van der Waals surface area contributed by atoms with Gasteiger partial charge < -0.3 is 15.0 Å². The fraction of sp³-hybridized carbons (Fsp3) is 0.231. The molecule has 3 aromatic rings. The van der Waals surface area contributed by atoms with Gasteiger partial charge in [-0.25, -0.2) is 4.39 Å². The van der Waals surface area contributed by atoms with E-state index in [1.54, 1.807) is 36.3 Å². The third-order valence-corrected chi connectivity index (χ3v) is 5.89. The number of carbonyl (C=O) groups excluding carboxylic acids is 2. The van der Waals surface area contributed by atoms with Crippen molar-refractivity contribution in [2.45, 2.75) is 12.5 Å². The van der Waals surface area contributed by atoms with Crippen LogP contribution in [-0.4, -0.2) is 36.9 Å². The Morgan fingerprint density at radius 1 is 0.969 bits per heavy atom. The number of hydrogen-bond acceptors (Lipinski definition) is 3. The lowest BCUT2D eigenvalue weighted by molar-refractivity contribution is -0.125. The van der Waals surface area contributed by atoms with Crippen LogP contribution in [0, 0.1) is 11.7 Å². The molecule has 1 aliphatic rings. The van der Waals surface area contributed by atoms with E-state index in [0.29, 0.717) is 25.2 Å². The maximum Gasteiger partial charge on any atom is 0.253 e. The second kappa shape index (κ2) is 9.64. The lowest BCUT2D eigenvalue weighted by atomic mass is 9.88. The lowest BCUT2D eigenvalue weighted by Crippen LogP contribution is -2.35. The molecule has 1 N–H and O–H groups in total. The van der Waals surface area contributed by atoms with Crippen LogP contribution in [0.1, 0.15) is 27.4 Å². The normalized spacial score (nSPS) is 17.8. The Kier molecular flexibility index (Phi) is 6.50. The van der Waals surface area contributed by atoms with Gasteiger partial charge in [-0.15, -0.1) is 0 Å². The fourth-order valence-corrected chi connectivity index (χ4v) is 4.11. The van der Waals surface area contributed by atoms with Gasteiger partial charge in [-0.3, -0.25) is 9.59 Å². The van der Waals surface area contributed by atoms with Crippen molar-refractivity contribution in [3.05, 3.63) is 101 Å². The number of ether oxygens (including phenoxy) is 1. The topological polar surface area (TPSA) is 58.6 Å². The average molecular weight is 432 g/mol. The van der Waals surface area contributed by atoms with Crippen molar-refractivity contribution in [2.24, 2.45) is 5.92 Å². The Morgan fingerprint density at radius 2 is 1.66 bits per heavy atom. The van der Waals surface area contributed by atoms with E-state index in [9.17, 15) is 14.0 Å². The van der Waals surface area contributed by atoms with Gasteiger partial charge >= 0.3 is 0 Å². The Labute approximate surface area is 186 Å². The smallest absolute Gasteiger partial charge is 0.253 e. The molecule has 6 heteroatoms. The summed E-state index contributed by atoms with van der Waals surface area (Å²) < 4.78 is 18.4. The highest BCUT2D eigenvalue weighted by atomic mass is 19.1. The van der Waals surface area contributed by atoms with Crippen molar-refractivity contribution in [3.8, 4) is 5.75 Å². The zero-order valence-electron chi connectivity index (χ0n) is 17.8. The zero-order valence-corrected chi connectivity index (χ0v) is 17.8. The van der Waals surface area contributed by atoms with E-state index in [4.69, 9.17) is 4.74 Å². The van der Waals surface area contributed by atoms with Crippen LogP contribution in [0.2, 0.25) is 0 Å². The van der Waals surface area contributed by atoms with E-state index >= 15 is 0 Å². The number of rotatable bonds is 6. The number of methoxy groups -OCH3 is 1. The van der Waals surface area contributed by atoms with Gasteiger partial charge in [-0.05, 0) is 47.5 Å². The van der Waals surface area contributed by atoms with Crippen LogP contribution in [0.15, 0.2) is 78.9 Å². The second-order valence-corrected chi connectivity index (χ2v) is 7.91. The molecule has 1 aliphatic heterocycles. The van der Waals surface area contributed by atoms with Gasteiger partial charge in [-0.1, -0.05) is 42.5 Å². The van der Waals surface area contributed by atoms with E-state index in [-0.39, 0.29) is 23.5 Å². The first-order valence-corrected chi connectivity index (χ1v) is 10.6. The monoisotopic (exact) mass is 432 g/mol. The molecule has 2 atom stereocenters. The summed E-state index contributed by atoms with van der Waals surface area (Å²) in [5, 5.41) is 2.96. The summed E-state index contributed by atoms with van der Waals surface area (Å²) in [4.78, 5) is 27.9. The molecule has 1 saturated heterocycles. The highest BCUT2D eigenvalue weighted by molar-refractivity contribution is 5.95. The Bertz CT molecular complexity index is 1070. The van der Waals surface area contributed by atoms with Gasteiger partial charge in [0.2, 0.25) is 5.91 Å². The second-order valence-electron chi connectivity index (χ2n) is 7.91. The maximum absolute atomic E-state index is 13.1. The lowest BCUT2D eigenvalue weighted by Gasteiger charge is -2.18. The molecule has 3 aromatic carbocycles. The van der Waals surface area contributed by atoms with Crippen LogP contribution in [-0.2, 0) is 11.3 Å². The molecular formula is C26H25FN2O3. The van der Waals surface area contributed by atoms with Gasteiger partial charge in [0.25, 0.3) is 5.91 Å². The van der Waals surface area contributed by atoms with Crippen molar-refractivity contribution in [1.82, 2.24) is 10.2 Å². The predicted molar refractivity (Wildman–Crippen MR) is 120 cm³/mol. The molecule has 0 spiro atoms. The van der Waals surface area contributed by atoms with Crippen LogP contribution >= 0.6 is 0 Å². The van der Waals surface area contributed by atoms with Crippen molar-refractivity contribution < 1.29 is 18.7 Å². The van der Waals surface area contributed by atoms with Gasteiger partial charge in [0.15, 0.2) is 0 Å². The van der Waals surface area contributed by atoms with Crippen LogP contribution in [0.25, 0.3) is 0 Å². The van der Waals surface area contributed by atoms with E-state index in [0.717, 1.165) is 16.9 Å². The Hall–Kier alpha value is -3.67. The minimum absolute atomic E-state index is 0.0852. The zero-order chi connectivity index (χ0) is 22.5. The molecule has 0 unspecified atom stereocenters. The molecule has 164 valence electrons. The number of halogens is 1. The predicted octanol–water partition coefficient (Wildman–Crippen LogP) is 4.01. The number of amides is 2. The number of carbonyl (C=O) groups is 2. The maximum atomic E-state index is 13.1. The minimum Gasteiger partial charge on any atom is -0.497 e. The number of benzene rings is 3. The molecule has 1 fully saturated rings. The summed E-state index contributed by atoms with van der Waals surface area (Å²) in [5.74, 6) is -0.318. The summed E-state index contributed by atoms with van der Waals surface area (Å²) in [6.45, 7) is 1.09. The molecule has 0 aliphatic carbocycles. The first-order chi connectivity index (χ1) is 15.5. The van der Waals surface area contributed by atoms with E-state index < -0.39 is 5.92 Å². The first kappa shape index (κ1) is 21.6. The van der Waals surface area contributed by atoms with Gasteiger partial charge in [-0.2, -0.15) is 0 Å². The number of hydrogen-bond donors (Lipinski definition) is 1. The SMILES string of the molecule is COc1ccc([C@H]2CN(C(=O)c3ccccc3)C[C@H]2C(=O)NCc2ccc(F)cc2)cc1. The molecule has 0 bridgehead atoms. The molecule has 5 nitrogen and oxygen atoms in total. The summed E-state index contributed by atoms with van der Waals surface area (Å²) in [6.07, 6.45) is 0. The minimum atomic E-state index is -0.392. The largest absolute Gasteiger partial charge is 0.497 e. The van der Waals surface area contributed by atoms with Gasteiger partial charge in [0, 0.05) is 31.1 Å². The molecule has 1 heterocycles. The standard InChI is InChI=1S/C26H25FN2O3/c1-32-22-13-9-19(10-14-22)23-16-29(26(31)20-5-3-2-4-6-20)17-24(23)25(30)28-15-18-7-11-21(27)12-8-18/h2-14,23-24H,15-17H2,1H3,(H,28,30)/t23-,24-/m1/s1. The summed E-state index contributed by atoms with van der Waals surface area (Å²) in [5.41, 5.74) is 2.40. The Morgan fingerprint density at radius 3 is 2.31 bits per heavy atom. The highest BCUT2D eigenvalue weighted by Gasteiger charge is 2.40. The molecule has 2 amide bonds. The summed E-state index contributed by atoms with van der Waals surface area (Å²) >= 11 is 0. The summed E-state index contributed by atoms with van der Waals surface area (Å²) in [6, 6.07) is 22.8. The Balaban J connectivity index is 1.53. The van der Waals surface area contributed by atoms with Crippen LogP contribution in [0.5, 0.6) is 5.75 Å². The highest BCUT2D eigenvalue weighted by Crippen LogP contribution is 2.34. The van der Waals surface area contributed by atoms with Crippen LogP contribution in [0.3, 0.4) is 0 Å². The molecule has 0 radical (unpaired) electrons.